The first kappa shape index (κ1) is 14.9. The summed E-state index contributed by atoms with van der Waals surface area (Å²) in [5.74, 6) is -1.69. The van der Waals surface area contributed by atoms with Crippen LogP contribution in [0.25, 0.3) is 0 Å². The third kappa shape index (κ3) is 3.16. The summed E-state index contributed by atoms with van der Waals surface area (Å²) >= 11 is 3.03. The van der Waals surface area contributed by atoms with E-state index in [9.17, 15) is 24.4 Å². The number of benzene rings is 2. The van der Waals surface area contributed by atoms with Gasteiger partial charge in [0.05, 0.1) is 10.5 Å². The molecule has 1 amide bonds. The van der Waals surface area contributed by atoms with E-state index in [0.717, 1.165) is 18.2 Å². The number of phenols is 1. The molecule has 0 aliphatic rings. The first-order chi connectivity index (χ1) is 9.90. The van der Waals surface area contributed by atoms with Gasteiger partial charge in [-0.3, -0.25) is 14.9 Å². The van der Waals surface area contributed by atoms with Crippen molar-refractivity contribution in [2.24, 2.45) is 0 Å². The van der Waals surface area contributed by atoms with E-state index >= 15 is 0 Å². The van der Waals surface area contributed by atoms with Crippen molar-refractivity contribution in [2.75, 3.05) is 5.32 Å². The molecule has 2 rings (SSSR count). The number of para-hydroxylation sites is 1. The number of hydrogen-bond donors (Lipinski definition) is 2. The van der Waals surface area contributed by atoms with Gasteiger partial charge in [-0.15, -0.1) is 0 Å². The number of hydrogen-bond acceptors (Lipinski definition) is 4. The fraction of sp³-hybridized carbons (Fsp3) is 0. The van der Waals surface area contributed by atoms with Gasteiger partial charge in [0, 0.05) is 10.5 Å². The average molecular weight is 355 g/mol. The quantitative estimate of drug-likeness (QED) is 0.501. The summed E-state index contributed by atoms with van der Waals surface area (Å²) in [6.07, 6.45) is 0. The molecule has 0 fully saturated rings. The molecule has 21 heavy (non-hydrogen) atoms. The zero-order valence-electron chi connectivity index (χ0n) is 10.3. The second kappa shape index (κ2) is 5.88. The third-order valence-electron chi connectivity index (χ3n) is 2.63. The number of halogens is 2. The minimum absolute atomic E-state index is 0.0777. The van der Waals surface area contributed by atoms with Crippen LogP contribution < -0.4 is 5.32 Å². The fourth-order valence-corrected chi connectivity index (χ4v) is 2.19. The fourth-order valence-electron chi connectivity index (χ4n) is 1.66. The van der Waals surface area contributed by atoms with Gasteiger partial charge in [0.15, 0.2) is 5.69 Å². The highest BCUT2D eigenvalue weighted by molar-refractivity contribution is 9.10. The van der Waals surface area contributed by atoms with Gasteiger partial charge in [-0.25, -0.2) is 4.39 Å². The number of nitrogens with one attached hydrogen (secondary N) is 1. The first-order valence-electron chi connectivity index (χ1n) is 5.63. The highest BCUT2D eigenvalue weighted by Crippen LogP contribution is 2.33. The maximum Gasteiger partial charge on any atom is 0.296 e. The van der Waals surface area contributed by atoms with Crippen LogP contribution >= 0.6 is 15.9 Å². The van der Waals surface area contributed by atoms with Crippen LogP contribution in [0, 0.1) is 15.9 Å². The standard InChI is InChI=1S/C13H8BrFN2O4/c14-9-6-7(15)4-5-8(9)13(19)16-12-10(17(20)21)2-1-3-11(12)18/h1-6,18H,(H,16,19). The zero-order chi connectivity index (χ0) is 15.6. The monoisotopic (exact) mass is 354 g/mol. The molecule has 0 aliphatic heterocycles. The van der Waals surface area contributed by atoms with Crippen molar-refractivity contribution in [3.63, 3.8) is 0 Å². The van der Waals surface area contributed by atoms with Gasteiger partial charge in [0.25, 0.3) is 11.6 Å². The normalized spacial score (nSPS) is 10.2. The Morgan fingerprint density at radius 3 is 2.67 bits per heavy atom. The molecular weight excluding hydrogens is 347 g/mol. The van der Waals surface area contributed by atoms with Crippen molar-refractivity contribution < 1.29 is 19.2 Å². The second-order valence-corrected chi connectivity index (χ2v) is 4.86. The molecule has 108 valence electrons. The Morgan fingerprint density at radius 2 is 2.05 bits per heavy atom. The van der Waals surface area contributed by atoms with Crippen molar-refractivity contribution in [1.82, 2.24) is 0 Å². The topological polar surface area (TPSA) is 92.5 Å². The highest BCUT2D eigenvalue weighted by atomic mass is 79.9. The second-order valence-electron chi connectivity index (χ2n) is 4.01. The van der Waals surface area contributed by atoms with Crippen molar-refractivity contribution in [3.8, 4) is 5.75 Å². The van der Waals surface area contributed by atoms with Crippen molar-refractivity contribution in [3.05, 3.63) is 62.4 Å². The molecule has 2 aromatic carbocycles. The van der Waals surface area contributed by atoms with E-state index < -0.39 is 28.1 Å². The van der Waals surface area contributed by atoms with Crippen LogP contribution in [-0.4, -0.2) is 15.9 Å². The number of carbonyl (C=O) groups excluding carboxylic acids is 1. The molecule has 0 saturated carbocycles. The summed E-state index contributed by atoms with van der Waals surface area (Å²) < 4.78 is 13.2. The number of aromatic hydroxyl groups is 1. The van der Waals surface area contributed by atoms with E-state index in [2.05, 4.69) is 21.2 Å². The van der Waals surface area contributed by atoms with E-state index in [4.69, 9.17) is 0 Å². The molecule has 0 aliphatic carbocycles. The summed E-state index contributed by atoms with van der Waals surface area (Å²) in [6, 6.07) is 7.04. The van der Waals surface area contributed by atoms with Gasteiger partial charge in [0.1, 0.15) is 11.6 Å². The van der Waals surface area contributed by atoms with Crippen LogP contribution in [0.15, 0.2) is 40.9 Å². The van der Waals surface area contributed by atoms with Crippen LogP contribution in [0.3, 0.4) is 0 Å². The number of amides is 1. The summed E-state index contributed by atoms with van der Waals surface area (Å²) in [5, 5.41) is 22.8. The molecule has 0 aromatic heterocycles. The highest BCUT2D eigenvalue weighted by Gasteiger charge is 2.21. The minimum Gasteiger partial charge on any atom is -0.505 e. The Balaban J connectivity index is 2.38. The number of anilines is 1. The van der Waals surface area contributed by atoms with Crippen molar-refractivity contribution in [2.45, 2.75) is 0 Å². The van der Waals surface area contributed by atoms with E-state index in [1.807, 2.05) is 0 Å². The van der Waals surface area contributed by atoms with Crippen LogP contribution in [0.2, 0.25) is 0 Å². The van der Waals surface area contributed by atoms with Gasteiger partial charge in [-0.05, 0) is 40.2 Å². The van der Waals surface area contributed by atoms with Crippen LogP contribution in [0.5, 0.6) is 5.75 Å². The van der Waals surface area contributed by atoms with Crippen molar-refractivity contribution in [1.29, 1.82) is 0 Å². The largest absolute Gasteiger partial charge is 0.505 e. The molecule has 2 aromatic rings. The maximum absolute atomic E-state index is 13.0. The van der Waals surface area contributed by atoms with Crippen molar-refractivity contribution >= 4 is 33.2 Å². The number of nitro benzene ring substituents is 1. The Labute approximate surface area is 126 Å². The molecule has 2 N–H and O–H groups in total. The van der Waals surface area contributed by atoms with Gasteiger partial charge in [-0.1, -0.05) is 6.07 Å². The number of phenolic OH excluding ortho intramolecular Hbond substituents is 1. The van der Waals surface area contributed by atoms with Gasteiger partial charge < -0.3 is 10.4 Å². The van der Waals surface area contributed by atoms with E-state index in [1.165, 1.54) is 18.2 Å². The molecule has 0 bridgehead atoms. The lowest BCUT2D eigenvalue weighted by Crippen LogP contribution is -2.14. The van der Waals surface area contributed by atoms with Gasteiger partial charge in [-0.2, -0.15) is 0 Å². The predicted octanol–water partition coefficient (Wildman–Crippen LogP) is 3.45. The Morgan fingerprint density at radius 1 is 1.33 bits per heavy atom. The molecule has 0 spiro atoms. The number of nitrogens with zero attached hydrogens (tertiary/aromatic N) is 1. The summed E-state index contributed by atoms with van der Waals surface area (Å²) in [6.45, 7) is 0. The number of carbonyl (C=O) groups is 1. The average Bonchev–Trinajstić information content (AvgIpc) is 2.40. The van der Waals surface area contributed by atoms with E-state index in [0.29, 0.717) is 0 Å². The third-order valence-corrected chi connectivity index (χ3v) is 3.29. The summed E-state index contributed by atoms with van der Waals surface area (Å²) in [5.41, 5.74) is -0.681. The van der Waals surface area contributed by atoms with E-state index in [1.54, 1.807) is 0 Å². The molecular formula is C13H8BrFN2O4. The minimum atomic E-state index is -0.727. The molecule has 0 radical (unpaired) electrons. The van der Waals surface area contributed by atoms with Crippen LogP contribution in [-0.2, 0) is 0 Å². The Bertz CT molecular complexity index is 736. The summed E-state index contributed by atoms with van der Waals surface area (Å²) in [4.78, 5) is 22.2. The lowest BCUT2D eigenvalue weighted by atomic mass is 10.2. The lowest BCUT2D eigenvalue weighted by molar-refractivity contribution is -0.384. The molecule has 8 heteroatoms. The smallest absolute Gasteiger partial charge is 0.296 e. The maximum atomic E-state index is 13.0. The van der Waals surface area contributed by atoms with Gasteiger partial charge in [0.2, 0.25) is 0 Å². The summed E-state index contributed by atoms with van der Waals surface area (Å²) in [7, 11) is 0. The van der Waals surface area contributed by atoms with E-state index in [-0.39, 0.29) is 15.7 Å². The predicted molar refractivity (Wildman–Crippen MR) is 76.8 cm³/mol. The lowest BCUT2D eigenvalue weighted by Gasteiger charge is -2.09. The molecule has 0 heterocycles. The van der Waals surface area contributed by atoms with Crippen LogP contribution in [0.1, 0.15) is 10.4 Å². The number of nitro groups is 1. The van der Waals surface area contributed by atoms with Crippen LogP contribution in [0.4, 0.5) is 15.8 Å². The number of rotatable bonds is 3. The SMILES string of the molecule is O=C(Nc1c(O)cccc1[N+](=O)[O-])c1ccc(F)cc1Br. The Hall–Kier alpha value is -2.48. The molecule has 0 unspecified atom stereocenters. The van der Waals surface area contributed by atoms with Gasteiger partial charge >= 0.3 is 0 Å². The zero-order valence-corrected chi connectivity index (χ0v) is 11.9. The first-order valence-corrected chi connectivity index (χ1v) is 6.42. The molecule has 0 saturated heterocycles. The Kier molecular flexibility index (Phi) is 4.18. The molecule has 6 nitrogen and oxygen atoms in total. The molecule has 0 atom stereocenters.